The number of hydrogen-bond donors (Lipinski definition) is 0. The second-order valence-electron chi connectivity index (χ2n) is 3.15. The Balaban J connectivity index is 2.65. The quantitative estimate of drug-likeness (QED) is 0.801. The number of halogens is 2. The summed E-state index contributed by atoms with van der Waals surface area (Å²) in [7, 11) is 0. The average molecular weight is 305 g/mol. The molecule has 0 saturated carbocycles. The van der Waals surface area contributed by atoms with Crippen LogP contribution in [0.15, 0.2) is 31.9 Å². The van der Waals surface area contributed by atoms with Gasteiger partial charge in [-0.15, -0.1) is 11.6 Å². The summed E-state index contributed by atoms with van der Waals surface area (Å²) in [5, 5.41) is 0. The van der Waals surface area contributed by atoms with Gasteiger partial charge in [0.2, 0.25) is 5.91 Å². The van der Waals surface area contributed by atoms with Crippen LogP contribution in [0.2, 0.25) is 0 Å². The predicted octanol–water partition coefficient (Wildman–Crippen LogP) is 2.63. The number of rotatable bonds is 2. The van der Waals surface area contributed by atoms with Crippen LogP contribution < -0.4 is 5.76 Å². The lowest BCUT2D eigenvalue weighted by Gasteiger charge is -1.97. The van der Waals surface area contributed by atoms with E-state index in [2.05, 4.69) is 15.9 Å². The first kappa shape index (κ1) is 11.4. The van der Waals surface area contributed by atoms with E-state index in [1.807, 2.05) is 0 Å². The van der Waals surface area contributed by atoms with Crippen molar-refractivity contribution in [2.45, 2.75) is 6.42 Å². The third-order valence-electron chi connectivity index (χ3n) is 2.10. The molecule has 0 fully saturated rings. The molecule has 1 aromatic heterocycles. The largest absolute Gasteiger partial charge is 0.426 e. The van der Waals surface area contributed by atoms with Crippen LogP contribution in [0.3, 0.4) is 0 Å². The van der Waals surface area contributed by atoms with Gasteiger partial charge in [0, 0.05) is 16.8 Å². The first-order valence-corrected chi connectivity index (χ1v) is 5.86. The average Bonchev–Trinajstić information content (AvgIpc) is 2.53. The summed E-state index contributed by atoms with van der Waals surface area (Å²) >= 11 is 8.72. The van der Waals surface area contributed by atoms with Crippen LogP contribution >= 0.6 is 27.5 Å². The van der Waals surface area contributed by atoms with Crippen molar-refractivity contribution in [3.8, 4) is 0 Å². The summed E-state index contributed by atoms with van der Waals surface area (Å²) in [6.07, 6.45) is 0.103. The molecule has 16 heavy (non-hydrogen) atoms. The molecular weight excluding hydrogens is 297 g/mol. The maximum Gasteiger partial charge on any atom is 0.426 e. The van der Waals surface area contributed by atoms with Gasteiger partial charge in [-0.3, -0.25) is 4.79 Å². The standard InChI is InChI=1S/C10H7BrClNO3/c11-6-1-2-7-8(5-6)16-10(15)13(7)9(14)3-4-12/h1-2,5H,3-4H2. The Morgan fingerprint density at radius 1 is 1.50 bits per heavy atom. The number of nitrogens with zero attached hydrogens (tertiary/aromatic N) is 1. The van der Waals surface area contributed by atoms with E-state index in [1.165, 1.54) is 0 Å². The first-order valence-electron chi connectivity index (χ1n) is 4.54. The number of fused-ring (bicyclic) bond motifs is 1. The molecule has 2 rings (SSSR count). The number of alkyl halides is 1. The normalized spacial score (nSPS) is 10.9. The highest BCUT2D eigenvalue weighted by Crippen LogP contribution is 2.19. The van der Waals surface area contributed by atoms with Gasteiger partial charge in [0.25, 0.3) is 0 Å². The fourth-order valence-electron chi connectivity index (χ4n) is 1.42. The molecule has 0 bridgehead atoms. The van der Waals surface area contributed by atoms with Crippen LogP contribution in [0.5, 0.6) is 0 Å². The smallest absolute Gasteiger partial charge is 0.407 e. The Kier molecular flexibility index (Phi) is 3.16. The fourth-order valence-corrected chi connectivity index (χ4v) is 1.92. The topological polar surface area (TPSA) is 52.2 Å². The van der Waals surface area contributed by atoms with Gasteiger partial charge >= 0.3 is 5.76 Å². The second-order valence-corrected chi connectivity index (χ2v) is 4.44. The molecule has 2 aromatic rings. The number of carbonyl (C=O) groups excluding carboxylic acids is 1. The maximum atomic E-state index is 11.6. The van der Waals surface area contributed by atoms with Crippen LogP contribution in [0.4, 0.5) is 0 Å². The highest BCUT2D eigenvalue weighted by Gasteiger charge is 2.15. The van der Waals surface area contributed by atoms with Crippen molar-refractivity contribution in [1.82, 2.24) is 4.57 Å². The van der Waals surface area contributed by atoms with Crippen LogP contribution in [-0.2, 0) is 0 Å². The summed E-state index contributed by atoms with van der Waals surface area (Å²) < 4.78 is 6.75. The molecule has 1 aromatic carbocycles. The van der Waals surface area contributed by atoms with E-state index in [-0.39, 0.29) is 18.2 Å². The lowest BCUT2D eigenvalue weighted by Crippen LogP contribution is -2.22. The Labute approximate surface area is 104 Å². The van der Waals surface area contributed by atoms with Crippen molar-refractivity contribution in [2.75, 3.05) is 5.88 Å². The lowest BCUT2D eigenvalue weighted by molar-refractivity contribution is 0.0906. The Morgan fingerprint density at radius 2 is 2.25 bits per heavy atom. The van der Waals surface area contributed by atoms with E-state index in [4.69, 9.17) is 16.0 Å². The number of carbonyl (C=O) groups is 1. The fraction of sp³-hybridized carbons (Fsp3) is 0.200. The van der Waals surface area contributed by atoms with Crippen molar-refractivity contribution in [2.24, 2.45) is 0 Å². The van der Waals surface area contributed by atoms with Crippen molar-refractivity contribution in [3.05, 3.63) is 33.2 Å². The van der Waals surface area contributed by atoms with Gasteiger partial charge in [-0.2, -0.15) is 0 Å². The van der Waals surface area contributed by atoms with Crippen molar-refractivity contribution in [1.29, 1.82) is 0 Å². The second kappa shape index (κ2) is 4.43. The highest BCUT2D eigenvalue weighted by molar-refractivity contribution is 9.10. The van der Waals surface area contributed by atoms with Crippen molar-refractivity contribution >= 4 is 44.5 Å². The molecule has 0 radical (unpaired) electrons. The molecule has 0 aliphatic rings. The summed E-state index contributed by atoms with van der Waals surface area (Å²) in [6, 6.07) is 5.03. The molecule has 0 N–H and O–H groups in total. The van der Waals surface area contributed by atoms with Gasteiger partial charge in [-0.05, 0) is 18.2 Å². The molecule has 0 spiro atoms. The van der Waals surface area contributed by atoms with E-state index in [1.54, 1.807) is 18.2 Å². The molecule has 6 heteroatoms. The number of benzene rings is 1. The molecular formula is C10H7BrClNO3. The molecule has 4 nitrogen and oxygen atoms in total. The van der Waals surface area contributed by atoms with Gasteiger partial charge in [0.1, 0.15) is 0 Å². The Hall–Kier alpha value is -1.07. The van der Waals surface area contributed by atoms with E-state index in [0.717, 1.165) is 9.04 Å². The molecule has 0 aliphatic carbocycles. The van der Waals surface area contributed by atoms with E-state index in [0.29, 0.717) is 11.1 Å². The molecule has 0 amide bonds. The van der Waals surface area contributed by atoms with Crippen LogP contribution in [-0.4, -0.2) is 16.4 Å². The third kappa shape index (κ3) is 1.92. The van der Waals surface area contributed by atoms with Gasteiger partial charge in [-0.1, -0.05) is 15.9 Å². The van der Waals surface area contributed by atoms with Gasteiger partial charge < -0.3 is 4.42 Å². The monoisotopic (exact) mass is 303 g/mol. The zero-order valence-electron chi connectivity index (χ0n) is 8.07. The van der Waals surface area contributed by atoms with E-state index in [9.17, 15) is 9.59 Å². The summed E-state index contributed by atoms with van der Waals surface area (Å²) in [4.78, 5) is 23.1. The number of aromatic nitrogens is 1. The molecule has 1 heterocycles. The summed E-state index contributed by atoms with van der Waals surface area (Å²) in [5.41, 5.74) is 0.839. The summed E-state index contributed by atoms with van der Waals surface area (Å²) in [6.45, 7) is 0. The Bertz CT molecular complexity index is 602. The summed E-state index contributed by atoms with van der Waals surface area (Å²) in [5.74, 6) is -0.863. The lowest BCUT2D eigenvalue weighted by atomic mass is 10.3. The maximum absolute atomic E-state index is 11.6. The van der Waals surface area contributed by atoms with Crippen LogP contribution in [0.1, 0.15) is 11.2 Å². The molecule has 0 atom stereocenters. The predicted molar refractivity (Wildman–Crippen MR) is 64.1 cm³/mol. The highest BCUT2D eigenvalue weighted by atomic mass is 79.9. The number of oxazole rings is 1. The van der Waals surface area contributed by atoms with Crippen molar-refractivity contribution < 1.29 is 9.21 Å². The molecule has 0 unspecified atom stereocenters. The number of hydrogen-bond acceptors (Lipinski definition) is 3. The first-order chi connectivity index (χ1) is 7.63. The van der Waals surface area contributed by atoms with Gasteiger partial charge in [0.15, 0.2) is 5.58 Å². The van der Waals surface area contributed by atoms with Crippen LogP contribution in [0, 0.1) is 0 Å². The van der Waals surface area contributed by atoms with E-state index < -0.39 is 5.76 Å². The zero-order chi connectivity index (χ0) is 11.7. The van der Waals surface area contributed by atoms with Crippen LogP contribution in [0.25, 0.3) is 11.1 Å². The SMILES string of the molecule is O=C(CCCl)n1c(=O)oc2cc(Br)ccc21. The minimum Gasteiger partial charge on any atom is -0.407 e. The van der Waals surface area contributed by atoms with Gasteiger partial charge in [-0.25, -0.2) is 9.36 Å². The molecule has 0 saturated heterocycles. The van der Waals surface area contributed by atoms with Crippen molar-refractivity contribution in [3.63, 3.8) is 0 Å². The molecule has 0 aliphatic heterocycles. The Morgan fingerprint density at radius 3 is 2.94 bits per heavy atom. The minimum absolute atomic E-state index is 0.103. The zero-order valence-corrected chi connectivity index (χ0v) is 10.4. The molecule has 84 valence electrons. The van der Waals surface area contributed by atoms with E-state index >= 15 is 0 Å². The third-order valence-corrected chi connectivity index (χ3v) is 2.78. The minimum atomic E-state index is -0.678. The van der Waals surface area contributed by atoms with Gasteiger partial charge in [0.05, 0.1) is 5.52 Å².